The van der Waals surface area contributed by atoms with Crippen molar-refractivity contribution >= 4 is 17.7 Å². The van der Waals surface area contributed by atoms with Crippen LogP contribution in [0.25, 0.3) is 0 Å². The predicted molar refractivity (Wildman–Crippen MR) is 120 cm³/mol. The molecule has 31 heavy (non-hydrogen) atoms. The van der Waals surface area contributed by atoms with Gasteiger partial charge >= 0.3 is 6.09 Å². The van der Waals surface area contributed by atoms with Crippen molar-refractivity contribution in [1.82, 2.24) is 9.80 Å². The lowest BCUT2D eigenvalue weighted by atomic mass is 10.1. The summed E-state index contributed by atoms with van der Waals surface area (Å²) >= 11 is 0. The first kappa shape index (κ1) is 22.5. The number of hydrogen-bond acceptors (Lipinski definition) is 5. The highest BCUT2D eigenvalue weighted by Crippen LogP contribution is 2.25. The summed E-state index contributed by atoms with van der Waals surface area (Å²) in [5.74, 6) is 0.431. The third-order valence-corrected chi connectivity index (χ3v) is 5.03. The van der Waals surface area contributed by atoms with Crippen LogP contribution >= 0.6 is 0 Å². The molecule has 2 N–H and O–H groups in total. The Morgan fingerprint density at radius 2 is 1.81 bits per heavy atom. The summed E-state index contributed by atoms with van der Waals surface area (Å²) in [6.45, 7) is 9.14. The number of carbonyl (C=O) groups is 2. The van der Waals surface area contributed by atoms with Crippen LogP contribution in [0.3, 0.4) is 0 Å². The van der Waals surface area contributed by atoms with Crippen molar-refractivity contribution in [2.24, 2.45) is 0 Å². The Hall–Kier alpha value is -3.22. The number of amides is 2. The molecule has 0 aromatic heterocycles. The van der Waals surface area contributed by atoms with Gasteiger partial charge in [0.05, 0.1) is 5.69 Å². The Morgan fingerprint density at radius 1 is 1.10 bits per heavy atom. The number of nitrogens with two attached hydrogens (primary N) is 1. The molecule has 7 heteroatoms. The lowest BCUT2D eigenvalue weighted by molar-refractivity contribution is 0.00617. The van der Waals surface area contributed by atoms with Crippen molar-refractivity contribution in [3.63, 3.8) is 0 Å². The SMILES string of the molecule is CC1CN(C(=O)OC(C)(C)C)CCN1C(=O)c1ccc(OCc2ccccc2)c(N)c1. The van der Waals surface area contributed by atoms with Crippen LogP contribution in [0, 0.1) is 0 Å². The molecule has 7 nitrogen and oxygen atoms in total. The summed E-state index contributed by atoms with van der Waals surface area (Å²) in [5.41, 5.74) is 7.56. The lowest BCUT2D eigenvalue weighted by Gasteiger charge is -2.40. The molecule has 1 atom stereocenters. The number of ether oxygens (including phenoxy) is 2. The van der Waals surface area contributed by atoms with Crippen molar-refractivity contribution < 1.29 is 19.1 Å². The molecule has 1 aliphatic rings. The fraction of sp³-hybridized carbons (Fsp3) is 0.417. The molecule has 0 bridgehead atoms. The van der Waals surface area contributed by atoms with Gasteiger partial charge in [0.25, 0.3) is 5.91 Å². The molecule has 2 aromatic rings. The standard InChI is InChI=1S/C24H31N3O4/c1-17-15-26(23(29)31-24(2,3)4)12-13-27(17)22(28)19-10-11-21(20(25)14-19)30-16-18-8-6-5-7-9-18/h5-11,14,17H,12-13,15-16,25H2,1-4H3. The van der Waals surface area contributed by atoms with Crippen LogP contribution in [0.1, 0.15) is 43.6 Å². The molecule has 2 aromatic carbocycles. The normalized spacial score (nSPS) is 16.7. The highest BCUT2D eigenvalue weighted by molar-refractivity contribution is 5.96. The van der Waals surface area contributed by atoms with Gasteiger partial charge in [-0.25, -0.2) is 4.79 Å². The predicted octanol–water partition coefficient (Wildman–Crippen LogP) is 3.93. The van der Waals surface area contributed by atoms with Gasteiger partial charge in [-0.1, -0.05) is 30.3 Å². The van der Waals surface area contributed by atoms with Gasteiger partial charge in [-0.05, 0) is 51.5 Å². The van der Waals surface area contributed by atoms with E-state index in [1.165, 1.54) is 0 Å². The minimum atomic E-state index is -0.546. The number of benzene rings is 2. The van der Waals surface area contributed by atoms with Crippen molar-refractivity contribution in [2.75, 3.05) is 25.4 Å². The summed E-state index contributed by atoms with van der Waals surface area (Å²) in [6.07, 6.45) is -0.351. The maximum atomic E-state index is 13.1. The minimum absolute atomic E-state index is 0.113. The van der Waals surface area contributed by atoms with Crippen molar-refractivity contribution in [2.45, 2.75) is 45.9 Å². The van der Waals surface area contributed by atoms with E-state index in [9.17, 15) is 9.59 Å². The summed E-state index contributed by atoms with van der Waals surface area (Å²) in [7, 11) is 0. The second kappa shape index (κ2) is 9.29. The number of nitrogens with zero attached hydrogens (tertiary/aromatic N) is 2. The Labute approximate surface area is 183 Å². The van der Waals surface area contributed by atoms with Crippen LogP contribution in [0.4, 0.5) is 10.5 Å². The maximum Gasteiger partial charge on any atom is 0.410 e. The fourth-order valence-electron chi connectivity index (χ4n) is 3.47. The summed E-state index contributed by atoms with van der Waals surface area (Å²) < 4.78 is 11.2. The van der Waals surface area contributed by atoms with Gasteiger partial charge in [0.15, 0.2) is 0 Å². The minimum Gasteiger partial charge on any atom is -0.487 e. The Morgan fingerprint density at radius 3 is 2.42 bits per heavy atom. The second-order valence-corrected chi connectivity index (χ2v) is 8.80. The molecule has 1 fully saturated rings. The van der Waals surface area contributed by atoms with E-state index >= 15 is 0 Å². The van der Waals surface area contributed by atoms with Crippen molar-refractivity contribution in [3.05, 3.63) is 59.7 Å². The Kier molecular flexibility index (Phi) is 6.73. The van der Waals surface area contributed by atoms with E-state index in [0.717, 1.165) is 5.56 Å². The second-order valence-electron chi connectivity index (χ2n) is 8.80. The number of carbonyl (C=O) groups excluding carboxylic acids is 2. The zero-order valence-electron chi connectivity index (χ0n) is 18.6. The number of piperazine rings is 1. The topological polar surface area (TPSA) is 85.1 Å². The lowest BCUT2D eigenvalue weighted by Crippen LogP contribution is -2.56. The molecule has 1 saturated heterocycles. The molecule has 1 unspecified atom stereocenters. The number of anilines is 1. The van der Waals surface area contributed by atoms with Crippen LogP contribution in [-0.2, 0) is 11.3 Å². The summed E-state index contributed by atoms with van der Waals surface area (Å²) in [6, 6.07) is 14.8. The maximum absolute atomic E-state index is 13.1. The number of hydrogen-bond donors (Lipinski definition) is 1. The highest BCUT2D eigenvalue weighted by Gasteiger charge is 2.32. The first-order chi connectivity index (χ1) is 14.6. The van der Waals surface area contributed by atoms with E-state index in [1.54, 1.807) is 28.0 Å². The molecule has 166 valence electrons. The van der Waals surface area contributed by atoms with Gasteiger partial charge in [0.2, 0.25) is 0 Å². The quantitative estimate of drug-likeness (QED) is 0.751. The average molecular weight is 426 g/mol. The van der Waals surface area contributed by atoms with Crippen molar-refractivity contribution in [3.8, 4) is 5.75 Å². The molecule has 0 saturated carbocycles. The Bertz CT molecular complexity index is 924. The highest BCUT2D eigenvalue weighted by atomic mass is 16.6. The van der Waals surface area contributed by atoms with E-state index in [2.05, 4.69) is 0 Å². The third-order valence-electron chi connectivity index (χ3n) is 5.03. The molecule has 2 amide bonds. The molecule has 1 aliphatic heterocycles. The van der Waals surface area contributed by atoms with Crippen molar-refractivity contribution in [1.29, 1.82) is 0 Å². The van der Waals surface area contributed by atoms with Gasteiger partial charge in [-0.2, -0.15) is 0 Å². The first-order valence-electron chi connectivity index (χ1n) is 10.5. The van der Waals surface area contributed by atoms with E-state index in [1.807, 2.05) is 58.0 Å². The smallest absolute Gasteiger partial charge is 0.410 e. The average Bonchev–Trinajstić information content (AvgIpc) is 2.72. The zero-order valence-corrected chi connectivity index (χ0v) is 18.6. The van der Waals surface area contributed by atoms with Gasteiger partial charge in [-0.3, -0.25) is 4.79 Å². The van der Waals surface area contributed by atoms with E-state index in [-0.39, 0.29) is 18.0 Å². The number of rotatable bonds is 4. The van der Waals surface area contributed by atoms with Crippen LogP contribution < -0.4 is 10.5 Å². The van der Waals surface area contributed by atoms with Gasteiger partial charge in [-0.15, -0.1) is 0 Å². The third kappa shape index (κ3) is 5.90. The molecular formula is C24H31N3O4. The van der Waals surface area contributed by atoms with Gasteiger partial charge < -0.3 is 25.0 Å². The zero-order chi connectivity index (χ0) is 22.6. The molecular weight excluding hydrogens is 394 g/mol. The first-order valence-corrected chi connectivity index (χ1v) is 10.5. The molecule has 3 rings (SSSR count). The monoisotopic (exact) mass is 425 g/mol. The van der Waals surface area contributed by atoms with E-state index < -0.39 is 5.60 Å². The molecule has 1 heterocycles. The largest absolute Gasteiger partial charge is 0.487 e. The number of nitrogen functional groups attached to an aromatic ring is 1. The summed E-state index contributed by atoms with van der Waals surface area (Å²) in [5, 5.41) is 0. The van der Waals surface area contributed by atoms with Gasteiger partial charge in [0.1, 0.15) is 18.0 Å². The van der Waals surface area contributed by atoms with Crippen LogP contribution in [0.2, 0.25) is 0 Å². The fourth-order valence-corrected chi connectivity index (χ4v) is 3.47. The Balaban J connectivity index is 1.61. The summed E-state index contributed by atoms with van der Waals surface area (Å²) in [4.78, 5) is 28.8. The van der Waals surface area contributed by atoms with Crippen LogP contribution in [-0.4, -0.2) is 53.1 Å². The van der Waals surface area contributed by atoms with Crippen LogP contribution in [0.15, 0.2) is 48.5 Å². The van der Waals surface area contributed by atoms with Crippen LogP contribution in [0.5, 0.6) is 5.75 Å². The van der Waals surface area contributed by atoms with Gasteiger partial charge in [0, 0.05) is 31.2 Å². The molecule has 0 radical (unpaired) electrons. The van der Waals surface area contributed by atoms with E-state index in [0.29, 0.717) is 43.2 Å². The molecule has 0 aliphatic carbocycles. The molecule has 0 spiro atoms. The van der Waals surface area contributed by atoms with E-state index in [4.69, 9.17) is 15.2 Å².